The number of anilines is 1. The van der Waals surface area contributed by atoms with Crippen LogP contribution < -0.4 is 16.0 Å². The number of aromatic nitrogens is 1. The summed E-state index contributed by atoms with van der Waals surface area (Å²) in [6, 6.07) is 7.88. The van der Waals surface area contributed by atoms with E-state index in [0.29, 0.717) is 5.13 Å². The van der Waals surface area contributed by atoms with Crippen LogP contribution in [0.5, 0.6) is 5.75 Å². The zero-order chi connectivity index (χ0) is 12.3. The smallest absolute Gasteiger partial charge is 0.197 e. The molecule has 1 aromatic heterocycles. The van der Waals surface area contributed by atoms with Gasteiger partial charge in [0.2, 0.25) is 0 Å². The Labute approximate surface area is 104 Å². The molecule has 3 N–H and O–H groups in total. The molecule has 5 heteroatoms. The zero-order valence-electron chi connectivity index (χ0n) is 9.81. The van der Waals surface area contributed by atoms with Gasteiger partial charge in [-0.2, -0.15) is 0 Å². The van der Waals surface area contributed by atoms with Gasteiger partial charge in [0.05, 0.1) is 11.8 Å². The Kier molecular flexibility index (Phi) is 3.61. The molecular formula is C12H15N3OS. The molecule has 0 aliphatic carbocycles. The highest BCUT2D eigenvalue weighted by molar-refractivity contribution is 7.14. The topological polar surface area (TPSA) is 60.2 Å². The maximum Gasteiger partial charge on any atom is 0.197 e. The quantitative estimate of drug-likeness (QED) is 0.646. The van der Waals surface area contributed by atoms with E-state index >= 15 is 0 Å². The first-order valence-electron chi connectivity index (χ1n) is 5.38. The van der Waals surface area contributed by atoms with Crippen molar-refractivity contribution in [3.63, 3.8) is 0 Å². The van der Waals surface area contributed by atoms with Gasteiger partial charge in [-0.25, -0.2) is 10.8 Å². The molecule has 0 spiro atoms. The minimum absolute atomic E-state index is 0.188. The summed E-state index contributed by atoms with van der Waals surface area (Å²) in [5.74, 6) is 6.17. The standard InChI is InChI=1S/C12H15N3OS/c1-8(2)16-10-5-3-9(4-6-10)11-7-17-12(14-11)15-13/h3-8H,13H2,1-2H3,(H,14,15). The van der Waals surface area contributed by atoms with Crippen LogP contribution in [-0.4, -0.2) is 11.1 Å². The van der Waals surface area contributed by atoms with Crippen molar-refractivity contribution < 1.29 is 4.74 Å². The summed E-state index contributed by atoms with van der Waals surface area (Å²) >= 11 is 1.48. The van der Waals surface area contributed by atoms with E-state index in [2.05, 4.69) is 10.4 Å². The van der Waals surface area contributed by atoms with Crippen molar-refractivity contribution in [1.82, 2.24) is 4.98 Å². The fourth-order valence-electron chi connectivity index (χ4n) is 1.45. The van der Waals surface area contributed by atoms with Crippen LogP contribution in [-0.2, 0) is 0 Å². The van der Waals surface area contributed by atoms with Crippen LogP contribution in [0.3, 0.4) is 0 Å². The average Bonchev–Trinajstić information content (AvgIpc) is 2.78. The van der Waals surface area contributed by atoms with Gasteiger partial charge in [0.15, 0.2) is 5.13 Å². The van der Waals surface area contributed by atoms with Crippen LogP contribution in [0, 0.1) is 0 Å². The number of hydrogen-bond acceptors (Lipinski definition) is 5. The van der Waals surface area contributed by atoms with Crippen LogP contribution in [0.15, 0.2) is 29.6 Å². The molecule has 0 unspecified atom stereocenters. The van der Waals surface area contributed by atoms with E-state index in [1.807, 2.05) is 43.5 Å². The van der Waals surface area contributed by atoms with Gasteiger partial charge in [-0.15, -0.1) is 11.3 Å². The van der Waals surface area contributed by atoms with Gasteiger partial charge in [0, 0.05) is 10.9 Å². The Morgan fingerprint density at radius 2 is 2.00 bits per heavy atom. The Bertz CT molecular complexity index is 479. The first kappa shape index (κ1) is 11.9. The average molecular weight is 249 g/mol. The van der Waals surface area contributed by atoms with Gasteiger partial charge in [-0.05, 0) is 38.1 Å². The third kappa shape index (κ3) is 2.95. The predicted octanol–water partition coefficient (Wildman–Crippen LogP) is 2.88. The molecule has 0 aliphatic rings. The normalized spacial score (nSPS) is 10.6. The van der Waals surface area contributed by atoms with Crippen molar-refractivity contribution >= 4 is 16.5 Å². The first-order chi connectivity index (χ1) is 8.19. The summed E-state index contributed by atoms with van der Waals surface area (Å²) in [5, 5.41) is 2.68. The van der Waals surface area contributed by atoms with Crippen molar-refractivity contribution in [3.8, 4) is 17.0 Å². The van der Waals surface area contributed by atoms with Gasteiger partial charge in [-0.1, -0.05) is 0 Å². The van der Waals surface area contributed by atoms with Gasteiger partial charge in [0.1, 0.15) is 5.75 Å². The predicted molar refractivity (Wildman–Crippen MR) is 71.1 cm³/mol. The first-order valence-corrected chi connectivity index (χ1v) is 6.26. The molecule has 0 saturated carbocycles. The second-order valence-electron chi connectivity index (χ2n) is 3.87. The number of nitrogens with zero attached hydrogens (tertiary/aromatic N) is 1. The summed E-state index contributed by atoms with van der Waals surface area (Å²) in [4.78, 5) is 4.33. The maximum absolute atomic E-state index is 5.58. The number of thiazole rings is 1. The molecule has 90 valence electrons. The highest BCUT2D eigenvalue weighted by Gasteiger charge is 2.04. The molecule has 0 saturated heterocycles. The molecule has 4 nitrogen and oxygen atoms in total. The van der Waals surface area contributed by atoms with Gasteiger partial charge in [0.25, 0.3) is 0 Å². The van der Waals surface area contributed by atoms with Crippen LogP contribution in [0.25, 0.3) is 11.3 Å². The number of nitrogens with two attached hydrogens (primary N) is 1. The molecule has 0 amide bonds. The number of hydrazine groups is 1. The number of hydrogen-bond donors (Lipinski definition) is 2. The van der Waals surface area contributed by atoms with E-state index < -0.39 is 0 Å². The van der Waals surface area contributed by atoms with E-state index in [4.69, 9.17) is 10.6 Å². The third-order valence-corrected chi connectivity index (χ3v) is 2.92. The van der Waals surface area contributed by atoms with Gasteiger partial charge < -0.3 is 4.74 Å². The van der Waals surface area contributed by atoms with E-state index in [1.165, 1.54) is 11.3 Å². The Morgan fingerprint density at radius 3 is 2.53 bits per heavy atom. The number of nitrogen functional groups attached to an aromatic ring is 1. The van der Waals surface area contributed by atoms with Crippen LogP contribution in [0.4, 0.5) is 5.13 Å². The molecule has 2 rings (SSSR count). The molecule has 2 aromatic rings. The monoisotopic (exact) mass is 249 g/mol. The number of rotatable bonds is 4. The summed E-state index contributed by atoms with van der Waals surface area (Å²) in [5.41, 5.74) is 4.51. The zero-order valence-corrected chi connectivity index (χ0v) is 10.6. The Hall–Kier alpha value is -1.59. The molecule has 0 atom stereocenters. The lowest BCUT2D eigenvalue weighted by Crippen LogP contribution is -2.05. The van der Waals surface area contributed by atoms with Crippen LogP contribution >= 0.6 is 11.3 Å². The number of nitrogens with one attached hydrogen (secondary N) is 1. The molecule has 0 bridgehead atoms. The van der Waals surface area contributed by atoms with E-state index in [0.717, 1.165) is 17.0 Å². The summed E-state index contributed by atoms with van der Waals surface area (Å²) < 4.78 is 5.58. The molecule has 0 aliphatic heterocycles. The second kappa shape index (κ2) is 5.16. The molecule has 0 radical (unpaired) electrons. The molecule has 0 fully saturated rings. The second-order valence-corrected chi connectivity index (χ2v) is 4.73. The lowest BCUT2D eigenvalue weighted by atomic mass is 10.2. The molecule has 1 aromatic carbocycles. The third-order valence-electron chi connectivity index (χ3n) is 2.15. The largest absolute Gasteiger partial charge is 0.491 e. The van der Waals surface area contributed by atoms with Crippen molar-refractivity contribution in [3.05, 3.63) is 29.6 Å². The number of benzene rings is 1. The van der Waals surface area contributed by atoms with E-state index in [1.54, 1.807) is 0 Å². The van der Waals surface area contributed by atoms with Gasteiger partial charge >= 0.3 is 0 Å². The lowest BCUT2D eigenvalue weighted by molar-refractivity contribution is 0.242. The summed E-state index contributed by atoms with van der Waals surface area (Å²) in [6.45, 7) is 4.01. The van der Waals surface area contributed by atoms with Crippen molar-refractivity contribution in [2.24, 2.45) is 5.84 Å². The fourth-order valence-corrected chi connectivity index (χ4v) is 2.08. The van der Waals surface area contributed by atoms with Crippen LogP contribution in [0.1, 0.15) is 13.8 Å². The van der Waals surface area contributed by atoms with Crippen molar-refractivity contribution in [2.45, 2.75) is 20.0 Å². The lowest BCUT2D eigenvalue weighted by Gasteiger charge is -2.09. The van der Waals surface area contributed by atoms with Gasteiger partial charge in [-0.3, -0.25) is 5.43 Å². The molecule has 1 heterocycles. The molecular weight excluding hydrogens is 234 g/mol. The number of ether oxygens (including phenoxy) is 1. The highest BCUT2D eigenvalue weighted by Crippen LogP contribution is 2.26. The van der Waals surface area contributed by atoms with Crippen molar-refractivity contribution in [1.29, 1.82) is 0 Å². The van der Waals surface area contributed by atoms with Crippen LogP contribution in [0.2, 0.25) is 0 Å². The Morgan fingerprint density at radius 1 is 1.29 bits per heavy atom. The van der Waals surface area contributed by atoms with E-state index in [-0.39, 0.29) is 6.10 Å². The fraction of sp³-hybridized carbons (Fsp3) is 0.250. The maximum atomic E-state index is 5.58. The molecule has 17 heavy (non-hydrogen) atoms. The Balaban J connectivity index is 2.17. The van der Waals surface area contributed by atoms with Crippen molar-refractivity contribution in [2.75, 3.05) is 5.43 Å². The summed E-state index contributed by atoms with van der Waals surface area (Å²) in [7, 11) is 0. The van der Waals surface area contributed by atoms with E-state index in [9.17, 15) is 0 Å². The summed E-state index contributed by atoms with van der Waals surface area (Å²) in [6.07, 6.45) is 0.188. The SMILES string of the molecule is CC(C)Oc1ccc(-c2csc(NN)n2)cc1. The minimum Gasteiger partial charge on any atom is -0.491 e. The highest BCUT2D eigenvalue weighted by atomic mass is 32.1. The minimum atomic E-state index is 0.188.